The van der Waals surface area contributed by atoms with Gasteiger partial charge in [0.05, 0.1) is 5.56 Å². The van der Waals surface area contributed by atoms with Crippen molar-refractivity contribution in [1.82, 2.24) is 10.2 Å². The molecule has 0 fully saturated rings. The normalized spacial score (nSPS) is 11.8. The number of carbonyl (C=O) groups excluding carboxylic acids is 1. The van der Waals surface area contributed by atoms with Gasteiger partial charge in [0.15, 0.2) is 0 Å². The van der Waals surface area contributed by atoms with Gasteiger partial charge in [-0.1, -0.05) is 23.5 Å². The van der Waals surface area contributed by atoms with E-state index in [-0.39, 0.29) is 5.56 Å². The van der Waals surface area contributed by atoms with Crippen LogP contribution in [0.4, 0.5) is 18.3 Å². The summed E-state index contributed by atoms with van der Waals surface area (Å²) in [5.41, 5.74) is -0.474. The van der Waals surface area contributed by atoms with Crippen molar-refractivity contribution in [3.63, 3.8) is 0 Å². The Labute approximate surface area is 122 Å². The number of anilines is 1. The van der Waals surface area contributed by atoms with Crippen molar-refractivity contribution in [3.05, 3.63) is 46.5 Å². The second-order valence-electron chi connectivity index (χ2n) is 4.07. The average molecular weight is 313 g/mol. The summed E-state index contributed by atoms with van der Waals surface area (Å²) in [4.78, 5) is 11.6. The minimum Gasteiger partial charge on any atom is -0.297 e. The first kappa shape index (κ1) is 15.2. The maximum absolute atomic E-state index is 12.5. The number of hydrogen-bond donors (Lipinski definition) is 1. The molecule has 0 atom stereocenters. The van der Waals surface area contributed by atoms with Gasteiger partial charge in [-0.05, 0) is 30.7 Å². The molecule has 0 radical (unpaired) electrons. The van der Waals surface area contributed by atoms with Gasteiger partial charge in [-0.3, -0.25) is 10.1 Å². The summed E-state index contributed by atoms with van der Waals surface area (Å²) >= 11 is 1.21. The lowest BCUT2D eigenvalue weighted by Crippen LogP contribution is -2.07. The second-order valence-corrected chi connectivity index (χ2v) is 5.25. The Hall–Kier alpha value is -2.22. The van der Waals surface area contributed by atoms with E-state index < -0.39 is 17.6 Å². The van der Waals surface area contributed by atoms with Crippen LogP contribution >= 0.6 is 11.3 Å². The molecule has 2 aromatic rings. The van der Waals surface area contributed by atoms with Crippen molar-refractivity contribution in [2.75, 3.05) is 5.32 Å². The molecule has 0 unspecified atom stereocenters. The van der Waals surface area contributed by atoms with Gasteiger partial charge in [-0.2, -0.15) is 13.2 Å². The number of hydrogen-bond acceptors (Lipinski definition) is 4. The number of benzene rings is 1. The van der Waals surface area contributed by atoms with Crippen molar-refractivity contribution in [1.29, 1.82) is 0 Å². The Balaban J connectivity index is 2.05. The zero-order chi connectivity index (χ0) is 15.5. The summed E-state index contributed by atoms with van der Waals surface area (Å²) in [6.07, 6.45) is -1.96. The number of carbonyl (C=O) groups is 1. The number of halogens is 3. The molecule has 0 aliphatic carbocycles. The van der Waals surface area contributed by atoms with Gasteiger partial charge in [0, 0.05) is 6.08 Å². The van der Waals surface area contributed by atoms with Crippen LogP contribution in [0.15, 0.2) is 30.3 Å². The van der Waals surface area contributed by atoms with E-state index in [2.05, 4.69) is 15.5 Å². The van der Waals surface area contributed by atoms with Gasteiger partial charge in [-0.15, -0.1) is 10.2 Å². The SMILES string of the molecule is Cc1nnc(NC(=O)/C=C/c2cccc(C(F)(F)F)c2)s1. The lowest BCUT2D eigenvalue weighted by molar-refractivity contribution is -0.137. The Kier molecular flexibility index (Phi) is 4.37. The molecule has 110 valence electrons. The van der Waals surface area contributed by atoms with Crippen molar-refractivity contribution in [3.8, 4) is 0 Å². The standard InChI is InChI=1S/C13H10F3N3OS/c1-8-18-19-12(21-8)17-11(20)6-5-9-3-2-4-10(7-9)13(14,15)16/h2-7H,1H3,(H,17,19,20)/b6-5+. The summed E-state index contributed by atoms with van der Waals surface area (Å²) in [5, 5.41) is 11.0. The first-order valence-corrected chi connectivity index (χ1v) is 6.63. The summed E-state index contributed by atoms with van der Waals surface area (Å²) in [6, 6.07) is 4.71. The van der Waals surface area contributed by atoms with E-state index in [1.807, 2.05) is 0 Å². The van der Waals surface area contributed by atoms with Crippen LogP contribution in [0.1, 0.15) is 16.1 Å². The topological polar surface area (TPSA) is 54.9 Å². The van der Waals surface area contributed by atoms with Crippen LogP contribution in [-0.2, 0) is 11.0 Å². The molecule has 1 aromatic heterocycles. The van der Waals surface area contributed by atoms with Crippen molar-refractivity contribution in [2.45, 2.75) is 13.1 Å². The number of aromatic nitrogens is 2. The van der Waals surface area contributed by atoms with Gasteiger partial charge in [0.1, 0.15) is 5.01 Å². The molecule has 21 heavy (non-hydrogen) atoms. The minimum atomic E-state index is -4.41. The van der Waals surface area contributed by atoms with Crippen LogP contribution < -0.4 is 5.32 Å². The molecular weight excluding hydrogens is 303 g/mol. The molecule has 0 saturated heterocycles. The lowest BCUT2D eigenvalue weighted by Gasteiger charge is -2.06. The lowest BCUT2D eigenvalue weighted by atomic mass is 10.1. The highest BCUT2D eigenvalue weighted by Gasteiger charge is 2.30. The van der Waals surface area contributed by atoms with Crippen LogP contribution in [0.3, 0.4) is 0 Å². The van der Waals surface area contributed by atoms with Crippen molar-refractivity contribution >= 4 is 28.5 Å². The summed E-state index contributed by atoms with van der Waals surface area (Å²) in [5.74, 6) is -0.483. The van der Waals surface area contributed by atoms with E-state index in [0.717, 1.165) is 18.2 Å². The number of amides is 1. The molecule has 1 N–H and O–H groups in total. The number of rotatable bonds is 3. The number of aryl methyl sites for hydroxylation is 1. The van der Waals surface area contributed by atoms with Crippen molar-refractivity contribution < 1.29 is 18.0 Å². The highest BCUT2D eigenvalue weighted by atomic mass is 32.1. The maximum atomic E-state index is 12.5. The largest absolute Gasteiger partial charge is 0.416 e. The van der Waals surface area contributed by atoms with E-state index in [9.17, 15) is 18.0 Å². The van der Waals surface area contributed by atoms with E-state index in [4.69, 9.17) is 0 Å². The first-order chi connectivity index (χ1) is 9.84. The molecule has 0 aliphatic heterocycles. The highest BCUT2D eigenvalue weighted by molar-refractivity contribution is 7.15. The molecule has 0 bridgehead atoms. The smallest absolute Gasteiger partial charge is 0.297 e. The Morgan fingerprint density at radius 1 is 1.33 bits per heavy atom. The van der Waals surface area contributed by atoms with Gasteiger partial charge in [0.25, 0.3) is 0 Å². The maximum Gasteiger partial charge on any atom is 0.416 e. The first-order valence-electron chi connectivity index (χ1n) is 5.81. The highest BCUT2D eigenvalue weighted by Crippen LogP contribution is 2.29. The minimum absolute atomic E-state index is 0.286. The number of nitrogens with zero attached hydrogens (tertiary/aromatic N) is 2. The Morgan fingerprint density at radius 3 is 2.71 bits per heavy atom. The fourth-order valence-corrected chi connectivity index (χ4v) is 2.08. The third-order valence-corrected chi connectivity index (χ3v) is 3.15. The van der Waals surface area contributed by atoms with Crippen LogP contribution in [-0.4, -0.2) is 16.1 Å². The van der Waals surface area contributed by atoms with E-state index >= 15 is 0 Å². The predicted octanol–water partition coefficient (Wildman–Crippen LogP) is 3.52. The van der Waals surface area contributed by atoms with Crippen LogP contribution in [0.2, 0.25) is 0 Å². The van der Waals surface area contributed by atoms with Crippen LogP contribution in [0.5, 0.6) is 0 Å². The van der Waals surface area contributed by atoms with Gasteiger partial charge in [-0.25, -0.2) is 0 Å². The molecule has 4 nitrogen and oxygen atoms in total. The summed E-state index contributed by atoms with van der Waals surface area (Å²) in [6.45, 7) is 1.74. The third kappa shape index (κ3) is 4.38. The second kappa shape index (κ2) is 6.04. The van der Waals surface area contributed by atoms with E-state index in [0.29, 0.717) is 10.1 Å². The van der Waals surface area contributed by atoms with Gasteiger partial charge < -0.3 is 0 Å². The monoisotopic (exact) mass is 313 g/mol. The molecule has 1 amide bonds. The zero-order valence-corrected chi connectivity index (χ0v) is 11.6. The Bertz CT molecular complexity index is 679. The molecule has 2 rings (SSSR count). The summed E-state index contributed by atoms with van der Waals surface area (Å²) in [7, 11) is 0. The third-order valence-electron chi connectivity index (χ3n) is 2.40. The summed E-state index contributed by atoms with van der Waals surface area (Å²) < 4.78 is 37.6. The van der Waals surface area contributed by atoms with Crippen molar-refractivity contribution in [2.24, 2.45) is 0 Å². The van der Waals surface area contributed by atoms with E-state index in [1.54, 1.807) is 6.92 Å². The molecule has 8 heteroatoms. The van der Waals surface area contributed by atoms with Gasteiger partial charge in [0.2, 0.25) is 11.0 Å². The number of nitrogens with one attached hydrogen (secondary N) is 1. The van der Waals surface area contributed by atoms with Gasteiger partial charge >= 0.3 is 6.18 Å². The number of alkyl halides is 3. The van der Waals surface area contributed by atoms with E-state index in [1.165, 1.54) is 29.5 Å². The zero-order valence-electron chi connectivity index (χ0n) is 10.8. The predicted molar refractivity (Wildman–Crippen MR) is 73.8 cm³/mol. The average Bonchev–Trinajstić information content (AvgIpc) is 2.81. The fourth-order valence-electron chi connectivity index (χ4n) is 1.48. The van der Waals surface area contributed by atoms with Crippen LogP contribution in [0.25, 0.3) is 6.08 Å². The molecule has 0 spiro atoms. The molecular formula is C13H10F3N3OS. The van der Waals surface area contributed by atoms with Crippen LogP contribution in [0, 0.1) is 6.92 Å². The molecule has 1 aromatic carbocycles. The quantitative estimate of drug-likeness (QED) is 0.882. The molecule has 1 heterocycles. The molecule has 0 saturated carbocycles. The Morgan fingerprint density at radius 2 is 2.10 bits per heavy atom. The fraction of sp³-hybridized carbons (Fsp3) is 0.154. The molecule has 0 aliphatic rings.